The van der Waals surface area contributed by atoms with E-state index < -0.39 is 35.7 Å². The molecule has 0 radical (unpaired) electrons. The molecule has 6 rings (SSSR count). The molecule has 2 fully saturated rings. The van der Waals surface area contributed by atoms with Crippen molar-refractivity contribution >= 4 is 17.5 Å². The number of likely N-dealkylation sites (tertiary alicyclic amines) is 1. The van der Waals surface area contributed by atoms with Crippen LogP contribution >= 0.6 is 11.6 Å². The second-order valence-corrected chi connectivity index (χ2v) is 12.2. The number of rotatable bonds is 11. The molecule has 1 amide bonds. The highest BCUT2D eigenvalue weighted by Crippen LogP contribution is 2.42. The average molecular weight is 670 g/mol. The molecule has 47 heavy (non-hydrogen) atoms. The van der Waals surface area contributed by atoms with Gasteiger partial charge in [-0.15, -0.1) is 0 Å². The van der Waals surface area contributed by atoms with Crippen LogP contribution in [0.1, 0.15) is 52.5 Å². The van der Waals surface area contributed by atoms with E-state index >= 15 is 0 Å². The molecule has 1 saturated heterocycles. The zero-order valence-corrected chi connectivity index (χ0v) is 26.1. The fraction of sp³-hybridized carbons (Fsp3) is 0.314. The van der Waals surface area contributed by atoms with Crippen LogP contribution in [0, 0.1) is 5.82 Å². The molecular weight excluding hydrogens is 638 g/mol. The molecule has 7 nitrogen and oxygen atoms in total. The summed E-state index contributed by atoms with van der Waals surface area (Å²) >= 11 is 6.02. The first kappa shape index (κ1) is 32.7. The van der Waals surface area contributed by atoms with Gasteiger partial charge < -0.3 is 19.9 Å². The molecule has 1 aliphatic carbocycles. The van der Waals surface area contributed by atoms with E-state index in [0.717, 1.165) is 24.5 Å². The van der Waals surface area contributed by atoms with Gasteiger partial charge in [0.2, 0.25) is 5.60 Å². The Kier molecular flexibility index (Phi) is 9.15. The quantitative estimate of drug-likeness (QED) is 0.164. The molecule has 246 valence electrons. The fourth-order valence-electron chi connectivity index (χ4n) is 5.50. The standard InChI is InChI=1S/C35H32ClF4N3O4/c1-46-31-17-23(8-12-30(31)47-25-9-10-25)33(44)41-20-34(45,35(38,39)40)32-18-24(16-28(42-32)22-7-11-27(37)26(36)15-22)29-13-14-43(29)19-21-5-3-2-4-6-21/h2-8,11-12,15-18,25,29,45H,9-10,13-14,19-20H2,1H3,(H,41,44). The van der Waals surface area contributed by atoms with Gasteiger partial charge in [0.1, 0.15) is 5.82 Å². The first-order valence-electron chi connectivity index (χ1n) is 15.1. The van der Waals surface area contributed by atoms with Gasteiger partial charge in [-0.1, -0.05) is 41.9 Å². The molecule has 1 aromatic heterocycles. The lowest BCUT2D eigenvalue weighted by Crippen LogP contribution is -2.51. The summed E-state index contributed by atoms with van der Waals surface area (Å²) in [5.74, 6) is -0.880. The second kappa shape index (κ2) is 13.1. The van der Waals surface area contributed by atoms with Crippen molar-refractivity contribution in [3.05, 3.63) is 112 Å². The van der Waals surface area contributed by atoms with E-state index in [9.17, 15) is 27.5 Å². The Morgan fingerprint density at radius 2 is 1.79 bits per heavy atom. The Labute approximate surface area is 274 Å². The average Bonchev–Trinajstić information content (AvgIpc) is 3.87. The van der Waals surface area contributed by atoms with Crippen LogP contribution in [-0.4, -0.2) is 53.4 Å². The number of nitrogens with one attached hydrogen (secondary N) is 1. The Morgan fingerprint density at radius 1 is 1.02 bits per heavy atom. The van der Waals surface area contributed by atoms with Crippen molar-refractivity contribution in [3.8, 4) is 22.8 Å². The lowest BCUT2D eigenvalue weighted by Gasteiger charge is -2.42. The number of aliphatic hydroxyl groups is 1. The first-order chi connectivity index (χ1) is 22.4. The largest absolute Gasteiger partial charge is 0.493 e. The highest BCUT2D eigenvalue weighted by Gasteiger charge is 2.56. The number of alkyl halides is 3. The Hall–Kier alpha value is -4.19. The van der Waals surface area contributed by atoms with Crippen LogP contribution in [0.5, 0.6) is 11.5 Å². The molecule has 3 aromatic carbocycles. The number of halogens is 5. The van der Waals surface area contributed by atoms with Gasteiger partial charge in [-0.25, -0.2) is 9.37 Å². The van der Waals surface area contributed by atoms with E-state index in [1.165, 1.54) is 43.5 Å². The Balaban J connectivity index is 1.33. The molecule has 2 unspecified atom stereocenters. The molecule has 2 heterocycles. The van der Waals surface area contributed by atoms with Crippen LogP contribution in [0.4, 0.5) is 17.6 Å². The molecule has 12 heteroatoms. The van der Waals surface area contributed by atoms with Gasteiger partial charge in [-0.05, 0) is 78.9 Å². The summed E-state index contributed by atoms with van der Waals surface area (Å²) in [6, 6.07) is 20.3. The summed E-state index contributed by atoms with van der Waals surface area (Å²) in [6.07, 6.45) is -2.72. The number of hydrogen-bond donors (Lipinski definition) is 2. The molecule has 1 saturated carbocycles. The number of carbonyl (C=O) groups is 1. The number of carbonyl (C=O) groups excluding carboxylic acids is 1. The predicted molar refractivity (Wildman–Crippen MR) is 168 cm³/mol. The van der Waals surface area contributed by atoms with Gasteiger partial charge in [0.15, 0.2) is 11.5 Å². The van der Waals surface area contributed by atoms with Crippen LogP contribution in [0.3, 0.4) is 0 Å². The third-order valence-corrected chi connectivity index (χ3v) is 8.74. The van der Waals surface area contributed by atoms with Crippen LogP contribution < -0.4 is 14.8 Å². The molecule has 2 atom stereocenters. The number of methoxy groups -OCH3 is 1. The summed E-state index contributed by atoms with van der Waals surface area (Å²) in [4.78, 5) is 19.4. The van der Waals surface area contributed by atoms with Crippen LogP contribution in [0.2, 0.25) is 5.02 Å². The SMILES string of the molecule is COc1cc(C(=O)NCC(O)(c2cc(C3CCN3Cc3ccccc3)cc(-c3ccc(F)c(Cl)c3)n2)C(F)(F)F)ccc1OC1CC1. The maximum atomic E-state index is 14.8. The monoisotopic (exact) mass is 669 g/mol. The van der Waals surface area contributed by atoms with Gasteiger partial charge >= 0.3 is 6.18 Å². The van der Waals surface area contributed by atoms with Crippen LogP contribution in [0.25, 0.3) is 11.3 Å². The summed E-state index contributed by atoms with van der Waals surface area (Å²) in [5, 5.41) is 13.4. The van der Waals surface area contributed by atoms with Gasteiger partial charge in [0.25, 0.3) is 5.91 Å². The normalized spacial score (nSPS) is 17.8. The van der Waals surface area contributed by atoms with Gasteiger partial charge in [-0.2, -0.15) is 13.2 Å². The Morgan fingerprint density at radius 3 is 2.43 bits per heavy atom. The topological polar surface area (TPSA) is 83.9 Å². The van der Waals surface area contributed by atoms with Gasteiger partial charge in [-0.3, -0.25) is 9.69 Å². The van der Waals surface area contributed by atoms with Crippen molar-refractivity contribution < 1.29 is 36.9 Å². The molecule has 0 spiro atoms. The van der Waals surface area contributed by atoms with Crippen LogP contribution in [0.15, 0.2) is 78.9 Å². The number of aromatic nitrogens is 1. The number of nitrogens with zero attached hydrogens (tertiary/aromatic N) is 2. The molecule has 2 N–H and O–H groups in total. The number of amides is 1. The van der Waals surface area contributed by atoms with Gasteiger partial charge in [0, 0.05) is 30.3 Å². The maximum Gasteiger partial charge on any atom is 0.424 e. The van der Waals surface area contributed by atoms with Crippen molar-refractivity contribution in [2.45, 2.75) is 49.7 Å². The zero-order chi connectivity index (χ0) is 33.3. The van der Waals surface area contributed by atoms with Gasteiger partial charge in [0.05, 0.1) is 36.2 Å². The Bertz CT molecular complexity index is 1770. The number of benzene rings is 3. The third-order valence-electron chi connectivity index (χ3n) is 8.45. The van der Waals surface area contributed by atoms with E-state index in [4.69, 9.17) is 21.1 Å². The minimum absolute atomic E-state index is 0.0175. The molecule has 2 aliphatic rings. The van der Waals surface area contributed by atoms with Crippen molar-refractivity contribution in [2.24, 2.45) is 0 Å². The summed E-state index contributed by atoms with van der Waals surface area (Å²) < 4.78 is 69.6. The minimum Gasteiger partial charge on any atom is -0.493 e. The van der Waals surface area contributed by atoms with Crippen molar-refractivity contribution in [3.63, 3.8) is 0 Å². The van der Waals surface area contributed by atoms with E-state index in [1.54, 1.807) is 6.07 Å². The summed E-state index contributed by atoms with van der Waals surface area (Å²) in [7, 11) is 1.40. The van der Waals surface area contributed by atoms with Crippen molar-refractivity contribution in [1.82, 2.24) is 15.2 Å². The molecular formula is C35H32ClF4N3O4. The third kappa shape index (κ3) is 7.07. The zero-order valence-electron chi connectivity index (χ0n) is 25.4. The highest BCUT2D eigenvalue weighted by molar-refractivity contribution is 6.31. The summed E-state index contributed by atoms with van der Waals surface area (Å²) in [6.45, 7) is 0.0489. The van der Waals surface area contributed by atoms with Crippen molar-refractivity contribution in [1.29, 1.82) is 0 Å². The number of ether oxygens (including phenoxy) is 2. The predicted octanol–water partition coefficient (Wildman–Crippen LogP) is 7.22. The molecule has 1 aliphatic heterocycles. The summed E-state index contributed by atoms with van der Waals surface area (Å²) in [5.41, 5.74) is -2.42. The first-order valence-corrected chi connectivity index (χ1v) is 15.5. The lowest BCUT2D eigenvalue weighted by molar-refractivity contribution is -0.265. The highest BCUT2D eigenvalue weighted by atomic mass is 35.5. The van der Waals surface area contributed by atoms with Crippen molar-refractivity contribution in [2.75, 3.05) is 20.2 Å². The second-order valence-electron chi connectivity index (χ2n) is 11.8. The number of pyridine rings is 1. The minimum atomic E-state index is -5.24. The molecule has 0 bridgehead atoms. The van der Waals surface area contributed by atoms with E-state index in [1.807, 2.05) is 30.3 Å². The van der Waals surface area contributed by atoms with Crippen LogP contribution in [-0.2, 0) is 12.1 Å². The fourth-order valence-corrected chi connectivity index (χ4v) is 5.68. The van der Waals surface area contributed by atoms with E-state index in [0.29, 0.717) is 30.8 Å². The maximum absolute atomic E-state index is 14.8. The lowest BCUT2D eigenvalue weighted by atomic mass is 9.89. The van der Waals surface area contributed by atoms with E-state index in [-0.39, 0.29) is 39.7 Å². The number of hydrogen-bond acceptors (Lipinski definition) is 6. The van der Waals surface area contributed by atoms with E-state index in [2.05, 4.69) is 15.2 Å². The molecule has 4 aromatic rings. The smallest absolute Gasteiger partial charge is 0.424 e.